The standard InChI is InChI=1S/C17H30O/c1-5-17(13-8-14-18)12-7-11-16(4)10-6-9-15(2)3/h9,11,13,18H,5-8,10,12,14H2,1-4H3/b16-11-,17-13-. The smallest absolute Gasteiger partial charge is 0.0465 e. The Hall–Kier alpha value is -0.820. The van der Waals surface area contributed by atoms with Gasteiger partial charge in [0.05, 0.1) is 0 Å². The van der Waals surface area contributed by atoms with Crippen LogP contribution in [0.1, 0.15) is 66.2 Å². The summed E-state index contributed by atoms with van der Waals surface area (Å²) in [5.41, 5.74) is 4.37. The van der Waals surface area contributed by atoms with Gasteiger partial charge in [0.2, 0.25) is 0 Å². The molecular weight excluding hydrogens is 220 g/mol. The highest BCUT2D eigenvalue weighted by Crippen LogP contribution is 2.14. The number of hydrogen-bond donors (Lipinski definition) is 1. The van der Waals surface area contributed by atoms with E-state index in [2.05, 4.69) is 45.9 Å². The molecule has 0 heterocycles. The zero-order valence-electron chi connectivity index (χ0n) is 12.6. The first-order chi connectivity index (χ1) is 8.60. The molecule has 0 amide bonds. The fourth-order valence-electron chi connectivity index (χ4n) is 1.89. The van der Waals surface area contributed by atoms with Crippen LogP contribution in [-0.4, -0.2) is 11.7 Å². The second-order valence-electron chi connectivity index (χ2n) is 5.14. The SMILES string of the molecule is CC/C(=C/CCO)CC/C=C(/C)CCC=C(C)C. The summed E-state index contributed by atoms with van der Waals surface area (Å²) in [5, 5.41) is 8.80. The first-order valence-corrected chi connectivity index (χ1v) is 7.17. The van der Waals surface area contributed by atoms with E-state index in [-0.39, 0.29) is 6.61 Å². The fourth-order valence-corrected chi connectivity index (χ4v) is 1.89. The van der Waals surface area contributed by atoms with Crippen molar-refractivity contribution in [3.8, 4) is 0 Å². The molecule has 0 aromatic rings. The summed E-state index contributed by atoms with van der Waals surface area (Å²) in [6.07, 6.45) is 13.3. The van der Waals surface area contributed by atoms with Crippen molar-refractivity contribution in [2.24, 2.45) is 0 Å². The van der Waals surface area contributed by atoms with Gasteiger partial charge in [0, 0.05) is 6.61 Å². The van der Waals surface area contributed by atoms with Gasteiger partial charge in [0.15, 0.2) is 0 Å². The van der Waals surface area contributed by atoms with E-state index in [0.29, 0.717) is 0 Å². The Balaban J connectivity index is 3.94. The Morgan fingerprint density at radius 1 is 0.889 bits per heavy atom. The van der Waals surface area contributed by atoms with Gasteiger partial charge in [-0.15, -0.1) is 0 Å². The van der Waals surface area contributed by atoms with Crippen LogP contribution in [0.2, 0.25) is 0 Å². The lowest BCUT2D eigenvalue weighted by molar-refractivity contribution is 0.302. The lowest BCUT2D eigenvalue weighted by Crippen LogP contribution is -1.85. The summed E-state index contributed by atoms with van der Waals surface area (Å²) in [6, 6.07) is 0. The van der Waals surface area contributed by atoms with Crippen molar-refractivity contribution < 1.29 is 5.11 Å². The van der Waals surface area contributed by atoms with E-state index in [1.807, 2.05) is 0 Å². The van der Waals surface area contributed by atoms with Gasteiger partial charge in [0.1, 0.15) is 0 Å². The fraction of sp³-hybridized carbons (Fsp3) is 0.647. The zero-order chi connectivity index (χ0) is 13.8. The summed E-state index contributed by atoms with van der Waals surface area (Å²) in [4.78, 5) is 0. The molecule has 1 N–H and O–H groups in total. The highest BCUT2D eigenvalue weighted by Gasteiger charge is 1.94. The van der Waals surface area contributed by atoms with E-state index >= 15 is 0 Å². The van der Waals surface area contributed by atoms with Crippen LogP contribution in [0.3, 0.4) is 0 Å². The van der Waals surface area contributed by atoms with Gasteiger partial charge in [-0.2, -0.15) is 0 Å². The molecule has 0 fully saturated rings. The van der Waals surface area contributed by atoms with E-state index in [0.717, 1.165) is 32.1 Å². The molecular formula is C17H30O. The summed E-state index contributed by atoms with van der Waals surface area (Å²) in [7, 11) is 0. The number of aliphatic hydroxyl groups excluding tert-OH is 1. The second-order valence-corrected chi connectivity index (χ2v) is 5.14. The molecule has 0 radical (unpaired) electrons. The molecule has 104 valence electrons. The van der Waals surface area contributed by atoms with Crippen LogP contribution in [0, 0.1) is 0 Å². The molecule has 0 saturated heterocycles. The van der Waals surface area contributed by atoms with Crippen molar-refractivity contribution in [2.75, 3.05) is 6.61 Å². The van der Waals surface area contributed by atoms with E-state index in [9.17, 15) is 0 Å². The minimum atomic E-state index is 0.265. The van der Waals surface area contributed by atoms with Gasteiger partial charge in [-0.05, 0) is 59.3 Å². The van der Waals surface area contributed by atoms with Gasteiger partial charge < -0.3 is 5.11 Å². The summed E-state index contributed by atoms with van der Waals surface area (Å²) >= 11 is 0. The van der Waals surface area contributed by atoms with Crippen LogP contribution in [0.4, 0.5) is 0 Å². The second kappa shape index (κ2) is 11.3. The molecule has 1 nitrogen and oxygen atoms in total. The molecule has 18 heavy (non-hydrogen) atoms. The van der Waals surface area contributed by atoms with E-state index in [4.69, 9.17) is 5.11 Å². The van der Waals surface area contributed by atoms with Crippen molar-refractivity contribution in [2.45, 2.75) is 66.2 Å². The van der Waals surface area contributed by atoms with Gasteiger partial charge >= 0.3 is 0 Å². The number of hydrogen-bond acceptors (Lipinski definition) is 1. The van der Waals surface area contributed by atoms with E-state index in [1.54, 1.807) is 0 Å². The van der Waals surface area contributed by atoms with Crippen LogP contribution in [0.5, 0.6) is 0 Å². The zero-order valence-corrected chi connectivity index (χ0v) is 12.6. The molecule has 0 unspecified atom stereocenters. The predicted molar refractivity (Wildman–Crippen MR) is 81.7 cm³/mol. The first kappa shape index (κ1) is 17.2. The molecule has 0 aromatic carbocycles. The average Bonchev–Trinajstić information content (AvgIpc) is 2.33. The van der Waals surface area contributed by atoms with Gasteiger partial charge in [-0.25, -0.2) is 0 Å². The van der Waals surface area contributed by atoms with Crippen molar-refractivity contribution in [1.29, 1.82) is 0 Å². The number of allylic oxidation sites excluding steroid dienone is 5. The van der Waals surface area contributed by atoms with E-state index < -0.39 is 0 Å². The third-order valence-corrected chi connectivity index (χ3v) is 3.07. The summed E-state index contributed by atoms with van der Waals surface area (Å²) < 4.78 is 0. The van der Waals surface area contributed by atoms with Crippen LogP contribution in [-0.2, 0) is 0 Å². The molecule has 1 heteroatoms. The predicted octanol–water partition coefficient (Wildman–Crippen LogP) is 5.18. The van der Waals surface area contributed by atoms with Gasteiger partial charge in [-0.3, -0.25) is 0 Å². The minimum Gasteiger partial charge on any atom is -0.396 e. The molecule has 0 bridgehead atoms. The lowest BCUT2D eigenvalue weighted by atomic mass is 10.0. The molecule has 0 aliphatic carbocycles. The monoisotopic (exact) mass is 250 g/mol. The maximum atomic E-state index is 8.80. The molecule has 0 atom stereocenters. The molecule has 0 rings (SSSR count). The van der Waals surface area contributed by atoms with Crippen LogP contribution in [0.25, 0.3) is 0 Å². The summed E-state index contributed by atoms with van der Waals surface area (Å²) in [5.74, 6) is 0. The van der Waals surface area contributed by atoms with Crippen LogP contribution >= 0.6 is 0 Å². The molecule has 0 spiro atoms. The Morgan fingerprint density at radius 3 is 2.11 bits per heavy atom. The van der Waals surface area contributed by atoms with Crippen molar-refractivity contribution in [1.82, 2.24) is 0 Å². The number of rotatable bonds is 9. The van der Waals surface area contributed by atoms with Crippen LogP contribution in [0.15, 0.2) is 34.9 Å². The lowest BCUT2D eigenvalue weighted by Gasteiger charge is -2.03. The Morgan fingerprint density at radius 2 is 1.56 bits per heavy atom. The van der Waals surface area contributed by atoms with Crippen molar-refractivity contribution >= 4 is 0 Å². The Bertz CT molecular complexity index is 291. The quantitative estimate of drug-likeness (QED) is 0.559. The van der Waals surface area contributed by atoms with Gasteiger partial charge in [-0.1, -0.05) is 41.9 Å². The molecule has 0 aliphatic rings. The summed E-state index contributed by atoms with van der Waals surface area (Å²) in [6.45, 7) is 8.98. The average molecular weight is 250 g/mol. The minimum absolute atomic E-state index is 0.265. The van der Waals surface area contributed by atoms with Crippen LogP contribution < -0.4 is 0 Å². The van der Waals surface area contributed by atoms with E-state index in [1.165, 1.54) is 23.1 Å². The molecule has 0 aromatic heterocycles. The van der Waals surface area contributed by atoms with Crippen molar-refractivity contribution in [3.63, 3.8) is 0 Å². The van der Waals surface area contributed by atoms with Gasteiger partial charge in [0.25, 0.3) is 0 Å². The normalized spacial score (nSPS) is 12.7. The highest BCUT2D eigenvalue weighted by atomic mass is 16.2. The third kappa shape index (κ3) is 10.3. The Labute approximate surface area is 113 Å². The first-order valence-electron chi connectivity index (χ1n) is 7.17. The molecule has 0 aliphatic heterocycles. The maximum Gasteiger partial charge on any atom is 0.0465 e. The molecule has 0 saturated carbocycles. The topological polar surface area (TPSA) is 20.2 Å². The third-order valence-electron chi connectivity index (χ3n) is 3.07. The maximum absolute atomic E-state index is 8.80. The van der Waals surface area contributed by atoms with Crippen molar-refractivity contribution in [3.05, 3.63) is 34.9 Å². The number of aliphatic hydroxyl groups is 1. The Kier molecular flexibility index (Phi) is 10.8. The highest BCUT2D eigenvalue weighted by molar-refractivity contribution is 5.06. The largest absolute Gasteiger partial charge is 0.396 e.